The molecule has 1 fully saturated rings. The van der Waals surface area contributed by atoms with Crippen molar-refractivity contribution in [3.63, 3.8) is 0 Å². The number of rotatable bonds is 4. The molecule has 6 heteroatoms. The number of halogens is 1. The Labute approximate surface area is 121 Å². The first-order chi connectivity index (χ1) is 9.70. The molecule has 1 aromatic carbocycles. The van der Waals surface area contributed by atoms with Crippen molar-refractivity contribution in [2.24, 2.45) is 0 Å². The summed E-state index contributed by atoms with van der Waals surface area (Å²) in [4.78, 5) is 20.2. The third-order valence-electron chi connectivity index (χ3n) is 2.91. The Kier molecular flexibility index (Phi) is 3.52. The van der Waals surface area contributed by atoms with Gasteiger partial charge in [-0.1, -0.05) is 17.7 Å². The highest BCUT2D eigenvalue weighted by Gasteiger charge is 2.21. The molecule has 1 amide bonds. The molecule has 1 heterocycles. The minimum Gasteiger partial charge on any atom is -0.367 e. The highest BCUT2D eigenvalue weighted by atomic mass is 35.5. The van der Waals surface area contributed by atoms with E-state index in [-0.39, 0.29) is 5.91 Å². The summed E-state index contributed by atoms with van der Waals surface area (Å²) >= 11 is 5.88. The van der Waals surface area contributed by atoms with E-state index in [1.165, 1.54) is 6.33 Å². The van der Waals surface area contributed by atoms with Crippen LogP contribution >= 0.6 is 11.6 Å². The van der Waals surface area contributed by atoms with E-state index in [4.69, 9.17) is 11.6 Å². The van der Waals surface area contributed by atoms with Crippen molar-refractivity contribution in [2.45, 2.75) is 18.9 Å². The zero-order valence-electron chi connectivity index (χ0n) is 10.6. The highest BCUT2D eigenvalue weighted by molar-refractivity contribution is 6.30. The smallest absolute Gasteiger partial charge is 0.274 e. The Morgan fingerprint density at radius 1 is 1.25 bits per heavy atom. The quantitative estimate of drug-likeness (QED) is 0.908. The molecular weight excluding hydrogens is 276 g/mol. The number of benzene rings is 1. The molecule has 2 N–H and O–H groups in total. The van der Waals surface area contributed by atoms with Crippen LogP contribution in [0.15, 0.2) is 36.7 Å². The van der Waals surface area contributed by atoms with Gasteiger partial charge in [0.15, 0.2) is 0 Å². The Balaban J connectivity index is 1.72. The molecule has 0 unspecified atom stereocenters. The van der Waals surface area contributed by atoms with Crippen molar-refractivity contribution in [3.8, 4) is 0 Å². The van der Waals surface area contributed by atoms with Crippen molar-refractivity contribution in [1.29, 1.82) is 0 Å². The normalized spacial score (nSPS) is 13.8. The van der Waals surface area contributed by atoms with E-state index in [1.54, 1.807) is 30.3 Å². The highest BCUT2D eigenvalue weighted by Crippen LogP contribution is 2.23. The van der Waals surface area contributed by atoms with Crippen LogP contribution in [0.2, 0.25) is 5.02 Å². The SMILES string of the molecule is O=C(Nc1cccc(Cl)c1)c1cc(NC2CC2)ncn1. The lowest BCUT2D eigenvalue weighted by Gasteiger charge is -2.07. The van der Waals surface area contributed by atoms with Crippen LogP contribution < -0.4 is 10.6 Å². The molecule has 0 bridgehead atoms. The van der Waals surface area contributed by atoms with Gasteiger partial charge in [0.05, 0.1) is 0 Å². The topological polar surface area (TPSA) is 66.9 Å². The molecule has 2 aromatic rings. The summed E-state index contributed by atoms with van der Waals surface area (Å²) in [5, 5.41) is 6.56. The van der Waals surface area contributed by atoms with Gasteiger partial charge in [0.25, 0.3) is 5.91 Å². The Morgan fingerprint density at radius 2 is 2.10 bits per heavy atom. The van der Waals surface area contributed by atoms with Crippen molar-refractivity contribution < 1.29 is 4.79 Å². The van der Waals surface area contributed by atoms with E-state index in [0.29, 0.717) is 28.3 Å². The number of nitrogens with one attached hydrogen (secondary N) is 2. The van der Waals surface area contributed by atoms with Gasteiger partial charge in [0.2, 0.25) is 0 Å². The van der Waals surface area contributed by atoms with Gasteiger partial charge in [-0.25, -0.2) is 9.97 Å². The maximum absolute atomic E-state index is 12.1. The van der Waals surface area contributed by atoms with Gasteiger partial charge in [-0.2, -0.15) is 0 Å². The fraction of sp³-hybridized carbons (Fsp3) is 0.214. The Bertz CT molecular complexity index is 643. The lowest BCUT2D eigenvalue weighted by molar-refractivity contribution is 0.102. The summed E-state index contributed by atoms with van der Waals surface area (Å²) in [7, 11) is 0. The standard InChI is InChI=1S/C14H13ClN4O/c15-9-2-1-3-11(6-9)19-14(20)12-7-13(17-8-16-12)18-10-4-5-10/h1-3,6-8,10H,4-5H2,(H,19,20)(H,16,17,18). The second-order valence-electron chi connectivity index (χ2n) is 4.67. The summed E-state index contributed by atoms with van der Waals surface area (Å²) in [6.07, 6.45) is 3.68. The number of carbonyl (C=O) groups excluding carboxylic acids is 1. The number of anilines is 2. The van der Waals surface area contributed by atoms with Crippen LogP contribution in [-0.2, 0) is 0 Å². The zero-order chi connectivity index (χ0) is 13.9. The van der Waals surface area contributed by atoms with Crippen molar-refractivity contribution in [1.82, 2.24) is 9.97 Å². The van der Waals surface area contributed by atoms with E-state index >= 15 is 0 Å². The lowest BCUT2D eigenvalue weighted by atomic mass is 10.3. The molecule has 1 aromatic heterocycles. The van der Waals surface area contributed by atoms with Crippen LogP contribution in [0.25, 0.3) is 0 Å². The second-order valence-corrected chi connectivity index (χ2v) is 5.11. The molecule has 1 aliphatic carbocycles. The number of hydrogen-bond acceptors (Lipinski definition) is 4. The van der Waals surface area contributed by atoms with Gasteiger partial charge in [-0.15, -0.1) is 0 Å². The zero-order valence-corrected chi connectivity index (χ0v) is 11.4. The number of nitrogens with zero attached hydrogens (tertiary/aromatic N) is 2. The van der Waals surface area contributed by atoms with Crippen molar-refractivity contribution in [3.05, 3.63) is 47.4 Å². The van der Waals surface area contributed by atoms with Gasteiger partial charge in [0, 0.05) is 22.8 Å². The number of hydrogen-bond donors (Lipinski definition) is 2. The van der Waals surface area contributed by atoms with Crippen LogP contribution in [0.5, 0.6) is 0 Å². The van der Waals surface area contributed by atoms with Crippen molar-refractivity contribution in [2.75, 3.05) is 10.6 Å². The van der Waals surface area contributed by atoms with Crippen LogP contribution in [0.4, 0.5) is 11.5 Å². The first-order valence-corrected chi connectivity index (χ1v) is 6.74. The first kappa shape index (κ1) is 12.9. The van der Waals surface area contributed by atoms with Crippen LogP contribution in [0.3, 0.4) is 0 Å². The van der Waals surface area contributed by atoms with Crippen LogP contribution in [-0.4, -0.2) is 21.9 Å². The molecule has 3 rings (SSSR count). The van der Waals surface area contributed by atoms with Crippen molar-refractivity contribution >= 4 is 29.0 Å². The molecule has 1 saturated carbocycles. The summed E-state index contributed by atoms with van der Waals surface area (Å²) in [5.41, 5.74) is 0.959. The summed E-state index contributed by atoms with van der Waals surface area (Å²) in [6.45, 7) is 0. The molecule has 20 heavy (non-hydrogen) atoms. The van der Waals surface area contributed by atoms with E-state index < -0.39 is 0 Å². The fourth-order valence-electron chi connectivity index (χ4n) is 1.76. The molecule has 0 spiro atoms. The van der Waals surface area contributed by atoms with E-state index in [1.807, 2.05) is 0 Å². The molecule has 0 saturated heterocycles. The molecular formula is C14H13ClN4O. The molecule has 0 radical (unpaired) electrons. The fourth-order valence-corrected chi connectivity index (χ4v) is 1.95. The van der Waals surface area contributed by atoms with Gasteiger partial charge in [-0.05, 0) is 31.0 Å². The monoisotopic (exact) mass is 288 g/mol. The number of amides is 1. The largest absolute Gasteiger partial charge is 0.367 e. The average molecular weight is 289 g/mol. The molecule has 1 aliphatic rings. The van der Waals surface area contributed by atoms with E-state index in [0.717, 1.165) is 12.8 Å². The Morgan fingerprint density at radius 3 is 2.85 bits per heavy atom. The minimum absolute atomic E-state index is 0.284. The maximum atomic E-state index is 12.1. The Hall–Kier alpha value is -2.14. The molecule has 0 atom stereocenters. The predicted molar refractivity (Wildman–Crippen MR) is 78.1 cm³/mol. The maximum Gasteiger partial charge on any atom is 0.274 e. The summed E-state index contributed by atoms with van der Waals surface area (Å²) < 4.78 is 0. The lowest BCUT2D eigenvalue weighted by Crippen LogP contribution is -2.15. The van der Waals surface area contributed by atoms with Crippen LogP contribution in [0.1, 0.15) is 23.3 Å². The average Bonchev–Trinajstić information content (AvgIpc) is 3.23. The third-order valence-corrected chi connectivity index (χ3v) is 3.15. The molecule has 5 nitrogen and oxygen atoms in total. The summed E-state index contributed by atoms with van der Waals surface area (Å²) in [6, 6.07) is 9.11. The van der Waals surface area contributed by atoms with Crippen LogP contribution in [0, 0.1) is 0 Å². The first-order valence-electron chi connectivity index (χ1n) is 6.36. The molecule has 0 aliphatic heterocycles. The van der Waals surface area contributed by atoms with Gasteiger partial charge in [-0.3, -0.25) is 4.79 Å². The summed E-state index contributed by atoms with van der Waals surface area (Å²) in [5.74, 6) is 0.396. The van der Waals surface area contributed by atoms with Gasteiger partial charge < -0.3 is 10.6 Å². The van der Waals surface area contributed by atoms with Gasteiger partial charge in [0.1, 0.15) is 17.8 Å². The van der Waals surface area contributed by atoms with Gasteiger partial charge >= 0.3 is 0 Å². The second kappa shape index (κ2) is 5.46. The number of carbonyl (C=O) groups is 1. The van der Waals surface area contributed by atoms with E-state index in [2.05, 4.69) is 20.6 Å². The predicted octanol–water partition coefficient (Wildman–Crippen LogP) is 2.96. The molecule has 102 valence electrons. The number of aromatic nitrogens is 2. The minimum atomic E-state index is -0.284. The third kappa shape index (κ3) is 3.24. The van der Waals surface area contributed by atoms with E-state index in [9.17, 15) is 4.79 Å².